The fourth-order valence-electron chi connectivity index (χ4n) is 2.00. The number of hydrazine groups is 1. The van der Waals surface area contributed by atoms with Crippen LogP contribution in [0.4, 0.5) is 11.5 Å². The van der Waals surface area contributed by atoms with Gasteiger partial charge in [0.05, 0.1) is 11.2 Å². The second-order valence-electron chi connectivity index (χ2n) is 5.10. The van der Waals surface area contributed by atoms with Crippen molar-refractivity contribution in [3.8, 4) is 0 Å². The third-order valence-corrected chi connectivity index (χ3v) is 4.25. The molecule has 132 valence electrons. The smallest absolute Gasteiger partial charge is 0.345 e. The normalized spacial score (nSPS) is 10.3. The molecule has 0 unspecified atom stereocenters. The summed E-state index contributed by atoms with van der Waals surface area (Å²) in [6.07, 6.45) is 2.53. The van der Waals surface area contributed by atoms with Crippen LogP contribution in [0.2, 0.25) is 0 Å². The molecule has 0 atom stereocenters. The number of rotatable bonds is 6. The van der Waals surface area contributed by atoms with Crippen LogP contribution in [0.3, 0.4) is 0 Å². The minimum atomic E-state index is -0.599. The largest absolute Gasteiger partial charge is 0.459 e. The molecule has 2 heterocycles. The van der Waals surface area contributed by atoms with Crippen molar-refractivity contribution in [1.29, 1.82) is 0 Å². The van der Waals surface area contributed by atoms with Gasteiger partial charge in [-0.1, -0.05) is 29.5 Å². The topological polar surface area (TPSA) is 123 Å². The van der Waals surface area contributed by atoms with Gasteiger partial charge in [-0.2, -0.15) is 0 Å². The number of anilines is 1. The first-order valence-corrected chi connectivity index (χ1v) is 8.20. The van der Waals surface area contributed by atoms with E-state index in [1.54, 1.807) is 6.07 Å². The van der Waals surface area contributed by atoms with Gasteiger partial charge in [0.25, 0.3) is 0 Å². The van der Waals surface area contributed by atoms with Crippen LogP contribution in [0, 0.1) is 17.0 Å². The van der Waals surface area contributed by atoms with E-state index < -0.39 is 10.8 Å². The third kappa shape index (κ3) is 3.98. The molecule has 0 saturated heterocycles. The summed E-state index contributed by atoms with van der Waals surface area (Å²) in [5.41, 5.74) is 5.50. The lowest BCUT2D eigenvalue weighted by molar-refractivity contribution is -0.387. The number of hydrogen-bond acceptors (Lipinski definition) is 8. The Balaban J connectivity index is 1.82. The van der Waals surface area contributed by atoms with Crippen LogP contribution in [0.15, 0.2) is 63.3 Å². The average molecular weight is 371 g/mol. The molecule has 0 aliphatic rings. The van der Waals surface area contributed by atoms with Crippen molar-refractivity contribution < 1.29 is 14.1 Å². The third-order valence-electron chi connectivity index (χ3n) is 3.25. The molecule has 3 rings (SSSR count). The van der Waals surface area contributed by atoms with Crippen molar-refractivity contribution in [3.05, 3.63) is 70.4 Å². The molecule has 0 radical (unpaired) electrons. The van der Waals surface area contributed by atoms with Gasteiger partial charge in [0, 0.05) is 4.90 Å². The van der Waals surface area contributed by atoms with Crippen molar-refractivity contribution in [2.24, 2.45) is 0 Å². The fourth-order valence-corrected chi connectivity index (χ4v) is 2.86. The second kappa shape index (κ2) is 7.66. The molecule has 0 saturated carbocycles. The van der Waals surface area contributed by atoms with Gasteiger partial charge in [-0.05, 0) is 31.2 Å². The predicted molar refractivity (Wildman–Crippen MR) is 93.8 cm³/mol. The summed E-state index contributed by atoms with van der Waals surface area (Å²) in [5, 5.41) is 11.7. The van der Waals surface area contributed by atoms with Gasteiger partial charge in [0.2, 0.25) is 5.82 Å². The van der Waals surface area contributed by atoms with E-state index in [0.29, 0.717) is 0 Å². The molecule has 10 heteroatoms. The standard InChI is InChI=1S/C16H13N5O4S/c1-10-4-6-11(7-5-10)26-16-13(21(23)24)14(17-9-18-16)19-20-15(22)12-3-2-8-25-12/h2-9H,1H3,(H,20,22)(H,17,18,19). The van der Waals surface area contributed by atoms with Gasteiger partial charge in [-0.25, -0.2) is 9.97 Å². The maximum absolute atomic E-state index is 11.9. The molecule has 1 amide bonds. The molecule has 2 aromatic heterocycles. The van der Waals surface area contributed by atoms with E-state index in [4.69, 9.17) is 4.42 Å². The van der Waals surface area contributed by atoms with Gasteiger partial charge >= 0.3 is 11.6 Å². The summed E-state index contributed by atoms with van der Waals surface area (Å²) >= 11 is 1.13. The fraction of sp³-hybridized carbons (Fsp3) is 0.0625. The minimum Gasteiger partial charge on any atom is -0.459 e. The molecule has 3 aromatic rings. The van der Waals surface area contributed by atoms with E-state index in [0.717, 1.165) is 22.2 Å². The number of amides is 1. The summed E-state index contributed by atoms with van der Waals surface area (Å²) in [5.74, 6) is -0.654. The Morgan fingerprint density at radius 3 is 2.65 bits per heavy atom. The summed E-state index contributed by atoms with van der Waals surface area (Å²) < 4.78 is 4.95. The Labute approximate surface area is 152 Å². The van der Waals surface area contributed by atoms with Crippen LogP contribution >= 0.6 is 11.8 Å². The van der Waals surface area contributed by atoms with Crippen LogP contribution in [0.1, 0.15) is 16.1 Å². The van der Waals surface area contributed by atoms with E-state index >= 15 is 0 Å². The summed E-state index contributed by atoms with van der Waals surface area (Å²) in [6, 6.07) is 10.5. The zero-order valence-corrected chi connectivity index (χ0v) is 14.3. The Morgan fingerprint density at radius 1 is 1.23 bits per heavy atom. The van der Waals surface area contributed by atoms with Crippen LogP contribution < -0.4 is 10.9 Å². The Hall–Kier alpha value is -3.40. The molecule has 0 bridgehead atoms. The van der Waals surface area contributed by atoms with Gasteiger partial charge in [0.15, 0.2) is 10.8 Å². The number of nitro groups is 1. The predicted octanol–water partition coefficient (Wildman–Crippen LogP) is 3.19. The van der Waals surface area contributed by atoms with Crippen molar-refractivity contribution in [2.45, 2.75) is 16.8 Å². The van der Waals surface area contributed by atoms with Gasteiger partial charge in [-0.15, -0.1) is 0 Å². The zero-order chi connectivity index (χ0) is 18.5. The first-order valence-electron chi connectivity index (χ1n) is 7.38. The van der Waals surface area contributed by atoms with Gasteiger partial charge in [0.1, 0.15) is 6.33 Å². The highest BCUT2D eigenvalue weighted by Gasteiger charge is 2.24. The maximum Gasteiger partial charge on any atom is 0.345 e. The molecular weight excluding hydrogens is 358 g/mol. The number of aryl methyl sites for hydroxylation is 1. The number of furan rings is 1. The van der Waals surface area contributed by atoms with Gasteiger partial charge in [-0.3, -0.25) is 25.8 Å². The molecular formula is C16H13N5O4S. The first kappa shape index (κ1) is 17.4. The number of carbonyl (C=O) groups excluding carboxylic acids is 1. The number of carbonyl (C=O) groups is 1. The highest BCUT2D eigenvalue weighted by Crippen LogP contribution is 2.36. The number of hydrogen-bond donors (Lipinski definition) is 2. The van der Waals surface area contributed by atoms with Crippen molar-refractivity contribution in [1.82, 2.24) is 15.4 Å². The van der Waals surface area contributed by atoms with E-state index in [1.807, 2.05) is 31.2 Å². The maximum atomic E-state index is 11.9. The zero-order valence-electron chi connectivity index (χ0n) is 13.5. The minimum absolute atomic E-state index is 0.0588. The summed E-state index contributed by atoms with van der Waals surface area (Å²) in [4.78, 5) is 31.4. The molecule has 1 aromatic carbocycles. The first-order chi connectivity index (χ1) is 12.5. The molecule has 0 aliphatic carbocycles. The molecule has 0 aliphatic heterocycles. The quantitative estimate of drug-likeness (QED) is 0.385. The second-order valence-corrected chi connectivity index (χ2v) is 6.17. The average Bonchev–Trinajstić information content (AvgIpc) is 3.16. The molecule has 9 nitrogen and oxygen atoms in total. The lowest BCUT2D eigenvalue weighted by Gasteiger charge is -2.09. The highest BCUT2D eigenvalue weighted by molar-refractivity contribution is 7.99. The molecule has 0 spiro atoms. The molecule has 26 heavy (non-hydrogen) atoms. The number of benzene rings is 1. The van der Waals surface area contributed by atoms with E-state index in [-0.39, 0.29) is 22.3 Å². The SMILES string of the molecule is Cc1ccc(Sc2ncnc(NNC(=O)c3ccco3)c2[N+](=O)[O-])cc1. The number of aromatic nitrogens is 2. The van der Waals surface area contributed by atoms with Crippen LogP contribution in [-0.2, 0) is 0 Å². The lowest BCUT2D eigenvalue weighted by Crippen LogP contribution is -2.30. The monoisotopic (exact) mass is 371 g/mol. The van der Waals surface area contributed by atoms with Gasteiger partial charge < -0.3 is 4.42 Å². The van der Waals surface area contributed by atoms with E-state index in [2.05, 4.69) is 20.8 Å². The highest BCUT2D eigenvalue weighted by atomic mass is 32.2. The van der Waals surface area contributed by atoms with E-state index in [1.165, 1.54) is 18.7 Å². The Morgan fingerprint density at radius 2 is 2.00 bits per heavy atom. The van der Waals surface area contributed by atoms with E-state index in [9.17, 15) is 14.9 Å². The Kier molecular flexibility index (Phi) is 5.13. The number of nitrogens with one attached hydrogen (secondary N) is 2. The van der Waals surface area contributed by atoms with Crippen LogP contribution in [0.25, 0.3) is 0 Å². The van der Waals surface area contributed by atoms with Crippen LogP contribution in [0.5, 0.6) is 0 Å². The molecule has 2 N–H and O–H groups in total. The van der Waals surface area contributed by atoms with Crippen molar-refractivity contribution >= 4 is 29.2 Å². The molecule has 0 fully saturated rings. The van der Waals surface area contributed by atoms with Crippen molar-refractivity contribution in [2.75, 3.05) is 5.43 Å². The van der Waals surface area contributed by atoms with Crippen molar-refractivity contribution in [3.63, 3.8) is 0 Å². The van der Waals surface area contributed by atoms with Crippen LogP contribution in [-0.4, -0.2) is 20.8 Å². The Bertz CT molecular complexity index is 928. The summed E-state index contributed by atoms with van der Waals surface area (Å²) in [7, 11) is 0. The number of nitrogens with zero attached hydrogens (tertiary/aromatic N) is 3. The summed E-state index contributed by atoms with van der Waals surface area (Å²) in [6.45, 7) is 1.95. The lowest BCUT2D eigenvalue weighted by atomic mass is 10.2.